The summed E-state index contributed by atoms with van der Waals surface area (Å²) in [5, 5.41) is 7.69. The normalized spacial score (nSPS) is 11.2. The number of nitrogens with two attached hydrogens (primary N) is 1. The Kier molecular flexibility index (Phi) is 7.01. The van der Waals surface area contributed by atoms with Gasteiger partial charge in [0.25, 0.3) is 5.56 Å². The van der Waals surface area contributed by atoms with E-state index in [-0.39, 0.29) is 29.3 Å². The highest BCUT2D eigenvalue weighted by Crippen LogP contribution is 2.31. The van der Waals surface area contributed by atoms with Crippen LogP contribution in [0.2, 0.25) is 0 Å². The number of anilines is 1. The Bertz CT molecular complexity index is 1300. The van der Waals surface area contributed by atoms with Crippen molar-refractivity contribution in [1.82, 2.24) is 4.57 Å². The molecule has 8 nitrogen and oxygen atoms in total. The molecule has 3 aromatic rings. The third-order valence-corrected chi connectivity index (χ3v) is 6.69. The van der Waals surface area contributed by atoms with E-state index >= 15 is 0 Å². The number of primary sulfonamides is 1. The number of benzene rings is 2. The van der Waals surface area contributed by atoms with Crippen molar-refractivity contribution >= 4 is 45.2 Å². The molecular weight excluding hydrogens is 458 g/mol. The highest BCUT2D eigenvalue weighted by atomic mass is 32.2. The maximum atomic E-state index is 12.6. The van der Waals surface area contributed by atoms with Crippen molar-refractivity contribution in [3.05, 3.63) is 68.9 Å². The van der Waals surface area contributed by atoms with E-state index in [0.717, 1.165) is 5.56 Å². The van der Waals surface area contributed by atoms with Crippen molar-refractivity contribution in [2.24, 2.45) is 5.14 Å². The number of nitrogens with one attached hydrogen (secondary N) is 1. The van der Waals surface area contributed by atoms with E-state index in [1.807, 2.05) is 18.2 Å². The minimum Gasteiger partial charge on any atom is -0.496 e. The van der Waals surface area contributed by atoms with Crippen LogP contribution in [0, 0.1) is 3.95 Å². The van der Waals surface area contributed by atoms with Crippen molar-refractivity contribution in [2.75, 3.05) is 12.4 Å². The number of hydrogen-bond acceptors (Lipinski definition) is 7. The van der Waals surface area contributed by atoms with Gasteiger partial charge in [0.05, 0.1) is 12.0 Å². The molecule has 3 N–H and O–H groups in total. The van der Waals surface area contributed by atoms with E-state index in [9.17, 15) is 18.0 Å². The van der Waals surface area contributed by atoms with Crippen LogP contribution in [0.3, 0.4) is 0 Å². The molecule has 0 saturated carbocycles. The first-order valence-corrected chi connectivity index (χ1v) is 11.8. The molecule has 3 rings (SSSR count). The highest BCUT2D eigenvalue weighted by Gasteiger charge is 2.12. The SMILES string of the molecule is COc1ccccc1-c1cc(=O)n(CCC(=O)Nc2ccc(S(N)(=O)=O)cc2)c(=S)s1. The first-order valence-electron chi connectivity index (χ1n) is 9.00. The third kappa shape index (κ3) is 5.64. The summed E-state index contributed by atoms with van der Waals surface area (Å²) in [5.41, 5.74) is 0.874. The number of carbonyl (C=O) groups is 1. The second-order valence-electron chi connectivity index (χ2n) is 6.43. The zero-order chi connectivity index (χ0) is 22.6. The molecule has 0 atom stereocenters. The van der Waals surface area contributed by atoms with E-state index in [0.29, 0.717) is 20.3 Å². The number of nitrogens with zero attached hydrogens (tertiary/aromatic N) is 1. The van der Waals surface area contributed by atoms with E-state index in [1.54, 1.807) is 13.2 Å². The van der Waals surface area contributed by atoms with Crippen LogP contribution in [0.15, 0.2) is 64.3 Å². The van der Waals surface area contributed by atoms with E-state index in [1.165, 1.54) is 46.2 Å². The second-order valence-corrected chi connectivity index (χ2v) is 9.67. The van der Waals surface area contributed by atoms with E-state index in [4.69, 9.17) is 22.1 Å². The van der Waals surface area contributed by atoms with Crippen LogP contribution in [0.4, 0.5) is 5.69 Å². The molecule has 0 aliphatic heterocycles. The third-order valence-electron chi connectivity index (χ3n) is 4.34. The zero-order valence-corrected chi connectivity index (χ0v) is 18.9. The molecule has 0 aliphatic rings. The summed E-state index contributed by atoms with van der Waals surface area (Å²) in [6.07, 6.45) is 0.0151. The molecule has 1 aromatic heterocycles. The van der Waals surface area contributed by atoms with Gasteiger partial charge in [0.2, 0.25) is 15.9 Å². The fourth-order valence-corrected chi connectivity index (χ4v) is 4.69. The Labute approximate surface area is 188 Å². The first-order chi connectivity index (χ1) is 14.7. The number of aromatic nitrogens is 1. The van der Waals surface area contributed by atoms with Gasteiger partial charge in [-0.05, 0) is 48.6 Å². The molecule has 162 valence electrons. The van der Waals surface area contributed by atoms with Crippen molar-refractivity contribution < 1.29 is 17.9 Å². The average Bonchev–Trinajstić information content (AvgIpc) is 2.72. The largest absolute Gasteiger partial charge is 0.496 e. The van der Waals surface area contributed by atoms with Crippen LogP contribution in [0.1, 0.15) is 6.42 Å². The Morgan fingerprint density at radius 2 is 1.87 bits per heavy atom. The Hall–Kier alpha value is -2.86. The lowest BCUT2D eigenvalue weighted by Crippen LogP contribution is -2.23. The lowest BCUT2D eigenvalue weighted by Gasteiger charge is -2.10. The number of carbonyl (C=O) groups excluding carboxylic acids is 1. The van der Waals surface area contributed by atoms with Gasteiger partial charge in [-0.3, -0.25) is 14.2 Å². The molecule has 0 bridgehead atoms. The van der Waals surface area contributed by atoms with Gasteiger partial charge >= 0.3 is 0 Å². The second kappa shape index (κ2) is 9.52. The maximum Gasteiger partial charge on any atom is 0.253 e. The van der Waals surface area contributed by atoms with Gasteiger partial charge in [0.1, 0.15) is 5.75 Å². The number of hydrogen-bond donors (Lipinski definition) is 2. The lowest BCUT2D eigenvalue weighted by molar-refractivity contribution is -0.116. The fourth-order valence-electron chi connectivity index (χ4n) is 2.81. The van der Waals surface area contributed by atoms with Crippen molar-refractivity contribution in [3.8, 4) is 16.2 Å². The Balaban J connectivity index is 1.71. The molecule has 11 heteroatoms. The summed E-state index contributed by atoms with van der Waals surface area (Å²) < 4.78 is 29.6. The zero-order valence-electron chi connectivity index (χ0n) is 16.4. The number of methoxy groups -OCH3 is 1. The summed E-state index contributed by atoms with van der Waals surface area (Å²) in [5.74, 6) is 0.293. The van der Waals surface area contributed by atoms with Crippen LogP contribution in [-0.4, -0.2) is 26.0 Å². The van der Waals surface area contributed by atoms with Crippen LogP contribution in [0.5, 0.6) is 5.75 Å². The van der Waals surface area contributed by atoms with Crippen LogP contribution in [0.25, 0.3) is 10.4 Å². The van der Waals surface area contributed by atoms with Crippen LogP contribution >= 0.6 is 23.6 Å². The van der Waals surface area contributed by atoms with Gasteiger partial charge in [-0.1, -0.05) is 12.1 Å². The number of ether oxygens (including phenoxy) is 1. The minimum atomic E-state index is -3.80. The topological polar surface area (TPSA) is 120 Å². The molecule has 0 aliphatic carbocycles. The molecule has 0 unspecified atom stereocenters. The molecule has 1 heterocycles. The standard InChI is InChI=1S/C20H19N3O5S3/c1-28-16-5-3-2-4-15(16)17-12-19(25)23(20(29)30-17)11-10-18(24)22-13-6-8-14(9-7-13)31(21,26)27/h2-9,12H,10-11H2,1H3,(H,22,24)(H2,21,26,27). The maximum absolute atomic E-state index is 12.6. The summed E-state index contributed by atoms with van der Waals surface area (Å²) >= 11 is 6.64. The number of rotatable bonds is 7. The highest BCUT2D eigenvalue weighted by molar-refractivity contribution is 7.89. The molecule has 0 saturated heterocycles. The summed E-state index contributed by atoms with van der Waals surface area (Å²) in [6.45, 7) is 0.113. The van der Waals surface area contributed by atoms with Gasteiger partial charge in [0.15, 0.2) is 3.95 Å². The minimum absolute atomic E-state index is 0.0151. The molecule has 0 radical (unpaired) electrons. The van der Waals surface area contributed by atoms with Crippen LogP contribution in [-0.2, 0) is 21.4 Å². The predicted molar refractivity (Wildman–Crippen MR) is 122 cm³/mol. The van der Waals surface area contributed by atoms with E-state index < -0.39 is 10.0 Å². The molecule has 0 fully saturated rings. The van der Waals surface area contributed by atoms with Gasteiger partial charge in [-0.2, -0.15) is 0 Å². The van der Waals surface area contributed by atoms with Gasteiger partial charge < -0.3 is 10.1 Å². The molecule has 0 spiro atoms. The smallest absolute Gasteiger partial charge is 0.253 e. The summed E-state index contributed by atoms with van der Waals surface area (Å²) in [6, 6.07) is 14.3. The van der Waals surface area contributed by atoms with E-state index in [2.05, 4.69) is 5.32 Å². The Morgan fingerprint density at radius 1 is 1.19 bits per heavy atom. The lowest BCUT2D eigenvalue weighted by atomic mass is 10.1. The molecule has 1 amide bonds. The number of para-hydroxylation sites is 1. The first kappa shape index (κ1) is 22.8. The van der Waals surface area contributed by atoms with Crippen molar-refractivity contribution in [1.29, 1.82) is 0 Å². The monoisotopic (exact) mass is 477 g/mol. The van der Waals surface area contributed by atoms with Crippen molar-refractivity contribution in [3.63, 3.8) is 0 Å². The number of sulfonamides is 1. The van der Waals surface area contributed by atoms with Gasteiger partial charge in [-0.25, -0.2) is 13.6 Å². The van der Waals surface area contributed by atoms with Crippen LogP contribution < -0.4 is 20.8 Å². The van der Waals surface area contributed by atoms with Crippen molar-refractivity contribution in [2.45, 2.75) is 17.9 Å². The molecule has 31 heavy (non-hydrogen) atoms. The molecule has 2 aromatic carbocycles. The quantitative estimate of drug-likeness (QED) is 0.505. The predicted octanol–water partition coefficient (Wildman–Crippen LogP) is 2.99. The van der Waals surface area contributed by atoms with Gasteiger partial charge in [-0.15, -0.1) is 11.3 Å². The average molecular weight is 478 g/mol. The Morgan fingerprint density at radius 3 is 2.48 bits per heavy atom. The summed E-state index contributed by atoms with van der Waals surface area (Å²) in [7, 11) is -2.25. The summed E-state index contributed by atoms with van der Waals surface area (Å²) in [4.78, 5) is 25.5. The number of amides is 1. The van der Waals surface area contributed by atoms with Gasteiger partial charge in [0, 0.05) is 35.2 Å². The fraction of sp³-hybridized carbons (Fsp3) is 0.150. The molecular formula is C20H19N3O5S3.